The van der Waals surface area contributed by atoms with E-state index in [2.05, 4.69) is 27.4 Å². The summed E-state index contributed by atoms with van der Waals surface area (Å²) in [6.45, 7) is 0.610. The summed E-state index contributed by atoms with van der Waals surface area (Å²) in [5.41, 5.74) is 2.13. The van der Waals surface area contributed by atoms with E-state index >= 15 is 0 Å². The van der Waals surface area contributed by atoms with Gasteiger partial charge < -0.3 is 10.3 Å². The molecule has 3 aromatic rings. The molecule has 0 spiro atoms. The zero-order valence-electron chi connectivity index (χ0n) is 14.2. The Labute approximate surface area is 155 Å². The molecule has 1 aliphatic carbocycles. The summed E-state index contributed by atoms with van der Waals surface area (Å²) in [5, 5.41) is 3.55. The van der Waals surface area contributed by atoms with Crippen LogP contribution >= 0.6 is 12.2 Å². The van der Waals surface area contributed by atoms with E-state index in [1.165, 1.54) is 12.0 Å². The van der Waals surface area contributed by atoms with Crippen molar-refractivity contribution in [1.82, 2.24) is 15.3 Å². The highest BCUT2D eigenvalue weighted by Gasteiger charge is 2.38. The highest BCUT2D eigenvalue weighted by molar-refractivity contribution is 7.71. The standard InChI is InChI=1S/C20H19N3O2S/c24-17(13-7-8-15-16(11-13)22-19(26)23-18(15)25)21-12-20(9-4-10-20)14-5-2-1-3-6-14/h1-3,5-8,11H,4,9-10,12H2,(H,21,24)(H2,22,23,25,26). The maximum atomic E-state index is 12.6. The number of carbonyl (C=O) groups excluding carboxylic acids is 1. The molecule has 3 N–H and O–H groups in total. The van der Waals surface area contributed by atoms with Gasteiger partial charge in [-0.05, 0) is 48.8 Å². The average molecular weight is 365 g/mol. The van der Waals surface area contributed by atoms with E-state index in [0.29, 0.717) is 23.0 Å². The molecular weight excluding hydrogens is 346 g/mol. The molecule has 2 aromatic carbocycles. The topological polar surface area (TPSA) is 77.8 Å². The predicted octanol–water partition coefficient (Wildman–Crippen LogP) is 3.44. The van der Waals surface area contributed by atoms with Crippen LogP contribution in [0.25, 0.3) is 10.9 Å². The van der Waals surface area contributed by atoms with Crippen LogP contribution in [-0.2, 0) is 5.41 Å². The van der Waals surface area contributed by atoms with E-state index in [-0.39, 0.29) is 21.7 Å². The molecule has 4 rings (SSSR count). The summed E-state index contributed by atoms with van der Waals surface area (Å²) in [5.74, 6) is -0.145. The fourth-order valence-electron chi connectivity index (χ4n) is 3.63. The fourth-order valence-corrected chi connectivity index (χ4v) is 3.83. The molecule has 0 atom stereocenters. The van der Waals surface area contributed by atoms with Crippen molar-refractivity contribution in [2.45, 2.75) is 24.7 Å². The molecule has 1 heterocycles. The van der Waals surface area contributed by atoms with Gasteiger partial charge in [0.15, 0.2) is 4.77 Å². The molecule has 5 nitrogen and oxygen atoms in total. The molecule has 0 saturated heterocycles. The number of fused-ring (bicyclic) bond motifs is 1. The number of rotatable bonds is 4. The third kappa shape index (κ3) is 2.97. The van der Waals surface area contributed by atoms with Crippen LogP contribution < -0.4 is 10.9 Å². The highest BCUT2D eigenvalue weighted by atomic mass is 32.1. The molecule has 1 fully saturated rings. The molecule has 1 amide bonds. The Bertz CT molecular complexity index is 1080. The minimum absolute atomic E-state index is 0.0326. The summed E-state index contributed by atoms with van der Waals surface area (Å²) >= 11 is 5.00. The number of carbonyl (C=O) groups is 1. The van der Waals surface area contributed by atoms with E-state index in [0.717, 1.165) is 12.8 Å². The van der Waals surface area contributed by atoms with Crippen LogP contribution in [0.4, 0.5) is 0 Å². The zero-order chi connectivity index (χ0) is 18.1. The first-order valence-electron chi connectivity index (χ1n) is 8.68. The number of aromatic amines is 2. The lowest BCUT2D eigenvalue weighted by Crippen LogP contribution is -2.45. The van der Waals surface area contributed by atoms with Gasteiger partial charge in [0.1, 0.15) is 0 Å². The van der Waals surface area contributed by atoms with Gasteiger partial charge in [0.2, 0.25) is 0 Å². The van der Waals surface area contributed by atoms with E-state index in [4.69, 9.17) is 12.2 Å². The second-order valence-electron chi connectivity index (χ2n) is 6.85. The van der Waals surface area contributed by atoms with Crippen LogP contribution in [-0.4, -0.2) is 22.4 Å². The zero-order valence-corrected chi connectivity index (χ0v) is 15.0. The Morgan fingerprint density at radius 1 is 1.12 bits per heavy atom. The number of aromatic nitrogens is 2. The van der Waals surface area contributed by atoms with E-state index in [1.54, 1.807) is 18.2 Å². The molecule has 132 valence electrons. The van der Waals surface area contributed by atoms with E-state index in [1.807, 2.05) is 18.2 Å². The lowest BCUT2D eigenvalue weighted by Gasteiger charge is -2.42. The summed E-state index contributed by atoms with van der Waals surface area (Å²) in [7, 11) is 0. The Balaban J connectivity index is 1.56. The molecule has 0 radical (unpaired) electrons. The largest absolute Gasteiger partial charge is 0.351 e. The SMILES string of the molecule is O=C(NCC1(c2ccccc2)CCC1)c1ccc2c(=O)[nH]c(=S)[nH]c2c1. The fraction of sp³-hybridized carbons (Fsp3) is 0.250. The number of benzene rings is 2. The van der Waals surface area contributed by atoms with Gasteiger partial charge in [0.25, 0.3) is 11.5 Å². The predicted molar refractivity (Wildman–Crippen MR) is 104 cm³/mol. The molecule has 1 saturated carbocycles. The van der Waals surface area contributed by atoms with Crippen molar-refractivity contribution < 1.29 is 4.79 Å². The molecule has 26 heavy (non-hydrogen) atoms. The minimum Gasteiger partial charge on any atom is -0.351 e. The molecular formula is C20H19N3O2S. The second-order valence-corrected chi connectivity index (χ2v) is 7.26. The summed E-state index contributed by atoms with van der Waals surface area (Å²) in [4.78, 5) is 30.0. The minimum atomic E-state index is -0.256. The summed E-state index contributed by atoms with van der Waals surface area (Å²) in [6, 6.07) is 15.3. The summed E-state index contributed by atoms with van der Waals surface area (Å²) in [6.07, 6.45) is 3.34. The van der Waals surface area contributed by atoms with Crippen LogP contribution in [0.5, 0.6) is 0 Å². The van der Waals surface area contributed by atoms with Crippen molar-refractivity contribution in [3.63, 3.8) is 0 Å². The molecule has 1 aliphatic rings. The first-order valence-corrected chi connectivity index (χ1v) is 9.08. The van der Waals surface area contributed by atoms with Crippen LogP contribution in [0.1, 0.15) is 35.2 Å². The first-order chi connectivity index (χ1) is 12.6. The Morgan fingerprint density at radius 3 is 2.58 bits per heavy atom. The Morgan fingerprint density at radius 2 is 1.88 bits per heavy atom. The van der Waals surface area contributed by atoms with Crippen LogP contribution in [0, 0.1) is 4.77 Å². The van der Waals surface area contributed by atoms with Gasteiger partial charge in [-0.25, -0.2) is 0 Å². The van der Waals surface area contributed by atoms with Crippen LogP contribution in [0.3, 0.4) is 0 Å². The van der Waals surface area contributed by atoms with Crippen molar-refractivity contribution in [1.29, 1.82) is 0 Å². The van der Waals surface area contributed by atoms with Crippen molar-refractivity contribution in [3.8, 4) is 0 Å². The highest BCUT2D eigenvalue weighted by Crippen LogP contribution is 2.43. The van der Waals surface area contributed by atoms with Gasteiger partial charge in [0, 0.05) is 17.5 Å². The van der Waals surface area contributed by atoms with Crippen molar-refractivity contribution >= 4 is 29.0 Å². The molecule has 1 aromatic heterocycles. The van der Waals surface area contributed by atoms with Crippen molar-refractivity contribution in [2.75, 3.05) is 6.54 Å². The van der Waals surface area contributed by atoms with E-state index < -0.39 is 0 Å². The lowest BCUT2D eigenvalue weighted by molar-refractivity contribution is 0.0928. The van der Waals surface area contributed by atoms with E-state index in [9.17, 15) is 9.59 Å². The van der Waals surface area contributed by atoms with Gasteiger partial charge in [-0.2, -0.15) is 0 Å². The third-order valence-corrected chi connectivity index (χ3v) is 5.49. The number of hydrogen-bond donors (Lipinski definition) is 3. The molecule has 0 bridgehead atoms. The molecule has 0 unspecified atom stereocenters. The maximum Gasteiger partial charge on any atom is 0.259 e. The average Bonchev–Trinajstić information content (AvgIpc) is 2.61. The molecule has 6 heteroatoms. The monoisotopic (exact) mass is 365 g/mol. The number of H-pyrrole nitrogens is 2. The lowest BCUT2D eigenvalue weighted by atomic mass is 9.64. The van der Waals surface area contributed by atoms with Gasteiger partial charge in [-0.1, -0.05) is 36.8 Å². The quantitative estimate of drug-likeness (QED) is 0.620. The van der Waals surface area contributed by atoms with Crippen LogP contribution in [0.2, 0.25) is 0 Å². The number of amides is 1. The first kappa shape index (κ1) is 16.7. The smallest absolute Gasteiger partial charge is 0.259 e. The summed E-state index contributed by atoms with van der Waals surface area (Å²) < 4.78 is 0.248. The van der Waals surface area contributed by atoms with Gasteiger partial charge in [-0.3, -0.25) is 14.6 Å². The van der Waals surface area contributed by atoms with Gasteiger partial charge >= 0.3 is 0 Å². The van der Waals surface area contributed by atoms with Crippen LogP contribution in [0.15, 0.2) is 53.3 Å². The van der Waals surface area contributed by atoms with Crippen molar-refractivity contribution in [2.24, 2.45) is 0 Å². The van der Waals surface area contributed by atoms with Gasteiger partial charge in [0.05, 0.1) is 10.9 Å². The number of nitrogens with one attached hydrogen (secondary N) is 3. The Kier molecular flexibility index (Phi) is 4.20. The maximum absolute atomic E-state index is 12.6. The molecule has 0 aliphatic heterocycles. The number of hydrogen-bond acceptors (Lipinski definition) is 3. The normalized spacial score (nSPS) is 15.4. The van der Waals surface area contributed by atoms with Crippen molar-refractivity contribution in [3.05, 3.63) is 74.8 Å². The third-order valence-electron chi connectivity index (χ3n) is 5.29. The Hall–Kier alpha value is -2.73. The van der Waals surface area contributed by atoms with Gasteiger partial charge in [-0.15, -0.1) is 0 Å². The second kappa shape index (κ2) is 6.53.